The Bertz CT molecular complexity index is 1040. The van der Waals surface area contributed by atoms with Gasteiger partial charge in [-0.15, -0.1) is 11.8 Å². The first-order valence-electron chi connectivity index (χ1n) is 10.1. The number of thioether (sulfide) groups is 1. The Morgan fingerprint density at radius 1 is 1.13 bits per heavy atom. The summed E-state index contributed by atoms with van der Waals surface area (Å²) in [5.41, 5.74) is 2.18. The second-order valence-corrected chi connectivity index (χ2v) is 9.96. The number of methoxy groups -OCH3 is 1. The monoisotopic (exact) mass is 439 g/mol. The first kappa shape index (κ1) is 21.2. The molecule has 1 saturated heterocycles. The van der Waals surface area contributed by atoms with Crippen molar-refractivity contribution in [3.8, 4) is 5.75 Å². The van der Waals surface area contributed by atoms with Crippen molar-refractivity contribution in [2.75, 3.05) is 12.4 Å². The predicted molar refractivity (Wildman–Crippen MR) is 120 cm³/mol. The van der Waals surface area contributed by atoms with Gasteiger partial charge in [0.15, 0.2) is 0 Å². The van der Waals surface area contributed by atoms with Crippen molar-refractivity contribution in [3.63, 3.8) is 0 Å². The average molecular weight is 440 g/mol. The van der Waals surface area contributed by atoms with Gasteiger partial charge in [-0.25, -0.2) is 0 Å². The molecule has 0 aromatic heterocycles. The zero-order chi connectivity index (χ0) is 22.3. The lowest BCUT2D eigenvalue weighted by Gasteiger charge is -2.30. The molecule has 0 bridgehead atoms. The van der Waals surface area contributed by atoms with Crippen LogP contribution >= 0.6 is 11.8 Å². The number of anilines is 1. The summed E-state index contributed by atoms with van der Waals surface area (Å²) in [4.78, 5) is 40.5. The number of benzene rings is 2. The summed E-state index contributed by atoms with van der Waals surface area (Å²) in [5, 5.41) is 5.38. The Morgan fingerprint density at radius 3 is 2.48 bits per heavy atom. The molecule has 2 aliphatic heterocycles. The summed E-state index contributed by atoms with van der Waals surface area (Å²) in [6.07, 6.45) is 0. The van der Waals surface area contributed by atoms with Gasteiger partial charge in [0.25, 0.3) is 5.91 Å². The van der Waals surface area contributed by atoms with Gasteiger partial charge in [-0.3, -0.25) is 14.4 Å². The maximum absolute atomic E-state index is 13.2. The van der Waals surface area contributed by atoms with E-state index < -0.39 is 16.8 Å². The molecule has 2 aromatic rings. The highest BCUT2D eigenvalue weighted by atomic mass is 32.2. The minimum atomic E-state index is -0.769. The summed E-state index contributed by atoms with van der Waals surface area (Å²) in [6, 6.07) is 13.0. The van der Waals surface area contributed by atoms with E-state index in [4.69, 9.17) is 4.74 Å². The Morgan fingerprint density at radius 2 is 1.81 bits per heavy atom. The van der Waals surface area contributed by atoms with Crippen LogP contribution in [0.3, 0.4) is 0 Å². The van der Waals surface area contributed by atoms with E-state index in [2.05, 4.69) is 10.6 Å². The second kappa shape index (κ2) is 7.92. The standard InChI is InChI=1S/C23H25N3O4S/c1-13(19(27)25-14-9-11-15(30-4)12-10-14)24-20(28)18-23(2,3)31-22-17-8-6-5-7-16(17)21(29)26(18)22/h5-13,18,22H,1-4H3,(H,24,28)(H,25,27)/t13-,18+,22-/m0/s1. The number of carbonyl (C=O) groups is 3. The molecule has 3 atom stereocenters. The van der Waals surface area contributed by atoms with Crippen molar-refractivity contribution in [3.05, 3.63) is 59.7 Å². The van der Waals surface area contributed by atoms with Crippen LogP contribution in [0.15, 0.2) is 48.5 Å². The first-order valence-corrected chi connectivity index (χ1v) is 11.0. The Kier molecular flexibility index (Phi) is 5.43. The summed E-state index contributed by atoms with van der Waals surface area (Å²) in [7, 11) is 1.57. The minimum Gasteiger partial charge on any atom is -0.497 e. The van der Waals surface area contributed by atoms with Gasteiger partial charge in [-0.1, -0.05) is 18.2 Å². The van der Waals surface area contributed by atoms with Gasteiger partial charge in [0, 0.05) is 16.0 Å². The van der Waals surface area contributed by atoms with Gasteiger partial charge in [-0.2, -0.15) is 0 Å². The van der Waals surface area contributed by atoms with E-state index in [1.54, 1.807) is 61.0 Å². The van der Waals surface area contributed by atoms with Crippen LogP contribution in [-0.4, -0.2) is 46.6 Å². The number of hydrogen-bond acceptors (Lipinski definition) is 5. The number of amides is 3. The quantitative estimate of drug-likeness (QED) is 0.747. The highest BCUT2D eigenvalue weighted by Crippen LogP contribution is 2.56. The van der Waals surface area contributed by atoms with Crippen LogP contribution < -0.4 is 15.4 Å². The Balaban J connectivity index is 1.47. The van der Waals surface area contributed by atoms with Crippen molar-refractivity contribution in [2.45, 2.75) is 43.0 Å². The van der Waals surface area contributed by atoms with Crippen molar-refractivity contribution < 1.29 is 19.1 Å². The molecule has 0 unspecified atom stereocenters. The molecule has 3 amide bonds. The number of fused-ring (bicyclic) bond motifs is 3. The van der Waals surface area contributed by atoms with Gasteiger partial charge in [0.05, 0.1) is 7.11 Å². The molecular weight excluding hydrogens is 414 g/mol. The molecule has 0 radical (unpaired) electrons. The molecule has 0 aliphatic carbocycles. The number of carbonyl (C=O) groups excluding carboxylic acids is 3. The smallest absolute Gasteiger partial charge is 0.256 e. The summed E-state index contributed by atoms with van der Waals surface area (Å²) < 4.78 is 4.62. The molecule has 0 spiro atoms. The molecule has 0 saturated carbocycles. The van der Waals surface area contributed by atoms with E-state index in [1.807, 2.05) is 32.0 Å². The highest BCUT2D eigenvalue weighted by Gasteiger charge is 2.57. The maximum Gasteiger partial charge on any atom is 0.256 e. The Labute approximate surface area is 185 Å². The highest BCUT2D eigenvalue weighted by molar-refractivity contribution is 8.01. The van der Waals surface area contributed by atoms with E-state index in [0.29, 0.717) is 17.0 Å². The predicted octanol–water partition coefficient (Wildman–Crippen LogP) is 3.19. The lowest BCUT2D eigenvalue weighted by atomic mass is 10.0. The number of ether oxygens (including phenoxy) is 1. The van der Waals surface area contributed by atoms with Crippen LogP contribution in [0.25, 0.3) is 0 Å². The maximum atomic E-state index is 13.2. The SMILES string of the molecule is COc1ccc(NC(=O)[C@H](C)NC(=O)[C@H]2N3C(=O)c4ccccc4[C@@H]3SC2(C)C)cc1. The number of nitrogens with one attached hydrogen (secondary N) is 2. The normalized spacial score (nSPS) is 21.8. The number of nitrogens with zero attached hydrogens (tertiary/aromatic N) is 1. The largest absolute Gasteiger partial charge is 0.497 e. The molecule has 162 valence electrons. The number of rotatable bonds is 5. The van der Waals surface area contributed by atoms with Crippen molar-refractivity contribution in [1.82, 2.24) is 10.2 Å². The minimum absolute atomic E-state index is 0.144. The molecule has 7 nitrogen and oxygen atoms in total. The van der Waals surface area contributed by atoms with Crippen LogP contribution in [0.1, 0.15) is 42.1 Å². The van der Waals surface area contributed by atoms with Crippen molar-refractivity contribution in [1.29, 1.82) is 0 Å². The van der Waals surface area contributed by atoms with Gasteiger partial charge in [0.2, 0.25) is 11.8 Å². The van der Waals surface area contributed by atoms with Crippen LogP contribution in [0.4, 0.5) is 5.69 Å². The van der Waals surface area contributed by atoms with Gasteiger partial charge >= 0.3 is 0 Å². The molecule has 31 heavy (non-hydrogen) atoms. The zero-order valence-corrected chi connectivity index (χ0v) is 18.7. The van der Waals surface area contributed by atoms with Crippen molar-refractivity contribution >= 4 is 35.2 Å². The van der Waals surface area contributed by atoms with Gasteiger partial charge < -0.3 is 20.3 Å². The summed E-state index contributed by atoms with van der Waals surface area (Å²) >= 11 is 1.59. The topological polar surface area (TPSA) is 87.7 Å². The molecule has 4 rings (SSSR count). The van der Waals surface area contributed by atoms with Gasteiger partial charge in [-0.05, 0) is 56.7 Å². The molecule has 8 heteroatoms. The lowest BCUT2D eigenvalue weighted by Crippen LogP contribution is -2.55. The fraction of sp³-hybridized carbons (Fsp3) is 0.348. The second-order valence-electron chi connectivity index (χ2n) is 8.22. The van der Waals surface area contributed by atoms with E-state index >= 15 is 0 Å². The first-order chi connectivity index (χ1) is 14.7. The van der Waals surface area contributed by atoms with E-state index in [0.717, 1.165) is 5.56 Å². The molecular formula is C23H25N3O4S. The third kappa shape index (κ3) is 3.76. The molecule has 2 heterocycles. The van der Waals surface area contributed by atoms with Crippen LogP contribution in [-0.2, 0) is 9.59 Å². The number of hydrogen-bond donors (Lipinski definition) is 2. The summed E-state index contributed by atoms with van der Waals surface area (Å²) in [5.74, 6) is -0.131. The molecule has 2 aliphatic rings. The van der Waals surface area contributed by atoms with Crippen LogP contribution in [0.5, 0.6) is 5.75 Å². The van der Waals surface area contributed by atoms with E-state index in [9.17, 15) is 14.4 Å². The third-order valence-corrected chi connectivity index (χ3v) is 7.19. The fourth-order valence-corrected chi connectivity index (χ4v) is 5.68. The molecule has 2 N–H and O–H groups in total. The lowest BCUT2D eigenvalue weighted by molar-refractivity contribution is -0.129. The van der Waals surface area contributed by atoms with Crippen LogP contribution in [0, 0.1) is 0 Å². The van der Waals surface area contributed by atoms with E-state index in [-0.39, 0.29) is 23.1 Å². The van der Waals surface area contributed by atoms with Crippen molar-refractivity contribution in [2.24, 2.45) is 0 Å². The van der Waals surface area contributed by atoms with Crippen LogP contribution in [0.2, 0.25) is 0 Å². The summed E-state index contributed by atoms with van der Waals surface area (Å²) in [6.45, 7) is 5.54. The molecule has 2 aromatic carbocycles. The average Bonchev–Trinajstić information content (AvgIpc) is 3.17. The zero-order valence-electron chi connectivity index (χ0n) is 17.8. The van der Waals surface area contributed by atoms with E-state index in [1.165, 1.54) is 0 Å². The fourth-order valence-electron chi connectivity index (χ4n) is 4.09. The Hall–Kier alpha value is -3.00. The third-order valence-electron chi connectivity index (χ3n) is 5.65. The molecule has 1 fully saturated rings. The van der Waals surface area contributed by atoms with Gasteiger partial charge in [0.1, 0.15) is 23.2 Å².